The Hall–Kier alpha value is -2.82. The van der Waals surface area contributed by atoms with Crippen LogP contribution in [0.5, 0.6) is 0 Å². The van der Waals surface area contributed by atoms with E-state index in [9.17, 15) is 19.5 Å². The summed E-state index contributed by atoms with van der Waals surface area (Å²) in [6.45, 7) is 0. The zero-order valence-electron chi connectivity index (χ0n) is 17.1. The van der Waals surface area contributed by atoms with Crippen molar-refractivity contribution < 1.29 is 19.5 Å². The van der Waals surface area contributed by atoms with Crippen LogP contribution in [-0.4, -0.2) is 45.3 Å². The Balaban J connectivity index is 1.86. The number of carbonyl (C=O) groups excluding carboxylic acids is 2. The number of carbonyl (C=O) groups is 3. The van der Waals surface area contributed by atoms with E-state index in [0.717, 1.165) is 17.3 Å². The topological polar surface area (TPSA) is 108 Å². The first-order valence-corrected chi connectivity index (χ1v) is 12.7. The SMILES string of the molecule is CSCCC(NC(=O)c1ccc(SC(=O)Nc2nccs2)cc1-c1ccccc1)C(=O)O. The number of benzene rings is 2. The number of nitrogens with zero attached hydrogens (tertiary/aromatic N) is 1. The second-order valence-corrected chi connectivity index (χ2v) is 9.50. The maximum atomic E-state index is 13.0. The van der Waals surface area contributed by atoms with Crippen molar-refractivity contribution in [1.82, 2.24) is 10.3 Å². The average molecular weight is 488 g/mol. The smallest absolute Gasteiger partial charge is 0.326 e. The van der Waals surface area contributed by atoms with Gasteiger partial charge in [0.2, 0.25) is 0 Å². The van der Waals surface area contributed by atoms with Crippen LogP contribution < -0.4 is 10.6 Å². The van der Waals surface area contributed by atoms with Crippen molar-refractivity contribution in [1.29, 1.82) is 0 Å². The fourth-order valence-electron chi connectivity index (χ4n) is 2.88. The highest BCUT2D eigenvalue weighted by Crippen LogP contribution is 2.30. The molecule has 32 heavy (non-hydrogen) atoms. The van der Waals surface area contributed by atoms with Crippen molar-refractivity contribution >= 4 is 57.1 Å². The highest BCUT2D eigenvalue weighted by molar-refractivity contribution is 8.14. The lowest BCUT2D eigenvalue weighted by atomic mass is 9.99. The minimum absolute atomic E-state index is 0.292. The monoisotopic (exact) mass is 487 g/mol. The van der Waals surface area contributed by atoms with Gasteiger partial charge in [-0.2, -0.15) is 11.8 Å². The van der Waals surface area contributed by atoms with Crippen LogP contribution in [0.25, 0.3) is 11.1 Å². The van der Waals surface area contributed by atoms with Crippen LogP contribution in [0.2, 0.25) is 0 Å². The van der Waals surface area contributed by atoms with E-state index in [-0.39, 0.29) is 5.24 Å². The predicted octanol–water partition coefficient (Wildman–Crippen LogP) is 5.07. The van der Waals surface area contributed by atoms with Gasteiger partial charge in [0.15, 0.2) is 5.13 Å². The Labute approximate surface area is 198 Å². The molecule has 0 spiro atoms. The van der Waals surface area contributed by atoms with E-state index in [2.05, 4.69) is 15.6 Å². The van der Waals surface area contributed by atoms with Gasteiger partial charge in [0, 0.05) is 22.0 Å². The van der Waals surface area contributed by atoms with E-state index in [1.807, 2.05) is 36.6 Å². The molecule has 1 aromatic heterocycles. The number of amides is 2. The van der Waals surface area contributed by atoms with Gasteiger partial charge in [0.05, 0.1) is 0 Å². The van der Waals surface area contributed by atoms with Crippen molar-refractivity contribution in [2.75, 3.05) is 17.3 Å². The maximum absolute atomic E-state index is 13.0. The second kappa shape index (κ2) is 11.7. The number of aliphatic carboxylic acids is 1. The summed E-state index contributed by atoms with van der Waals surface area (Å²) >= 11 is 3.83. The molecule has 10 heteroatoms. The van der Waals surface area contributed by atoms with Crippen LogP contribution in [0.1, 0.15) is 16.8 Å². The molecule has 0 saturated carbocycles. The van der Waals surface area contributed by atoms with Gasteiger partial charge in [-0.3, -0.25) is 14.9 Å². The van der Waals surface area contributed by atoms with Crippen LogP contribution in [0.4, 0.5) is 9.93 Å². The number of anilines is 1. The fourth-order valence-corrected chi connectivity index (χ4v) is 4.61. The van der Waals surface area contributed by atoms with Crippen LogP contribution in [0.3, 0.4) is 0 Å². The molecule has 1 unspecified atom stereocenters. The normalized spacial score (nSPS) is 11.5. The molecule has 2 aromatic carbocycles. The number of carboxylic acid groups (broad SMARTS) is 1. The van der Waals surface area contributed by atoms with Gasteiger partial charge in [-0.15, -0.1) is 11.3 Å². The third-order valence-corrected chi connectivity index (χ3v) is 6.50. The van der Waals surface area contributed by atoms with Gasteiger partial charge in [0.25, 0.3) is 11.1 Å². The van der Waals surface area contributed by atoms with Crippen molar-refractivity contribution in [3.8, 4) is 11.1 Å². The number of hydrogen-bond donors (Lipinski definition) is 3. The fraction of sp³-hybridized carbons (Fsp3) is 0.182. The van der Waals surface area contributed by atoms with E-state index in [0.29, 0.717) is 33.3 Å². The number of carboxylic acids is 1. The van der Waals surface area contributed by atoms with E-state index >= 15 is 0 Å². The maximum Gasteiger partial charge on any atom is 0.326 e. The van der Waals surface area contributed by atoms with Crippen molar-refractivity contribution in [2.45, 2.75) is 17.4 Å². The minimum Gasteiger partial charge on any atom is -0.480 e. The molecule has 3 aromatic rings. The van der Waals surface area contributed by atoms with Gasteiger partial charge in [-0.1, -0.05) is 30.3 Å². The molecule has 0 saturated heterocycles. The molecular formula is C22H21N3O4S3. The lowest BCUT2D eigenvalue weighted by molar-refractivity contribution is -0.139. The zero-order valence-corrected chi connectivity index (χ0v) is 19.6. The third-order valence-electron chi connectivity index (χ3n) is 4.39. The van der Waals surface area contributed by atoms with E-state index in [1.54, 1.807) is 29.8 Å². The highest BCUT2D eigenvalue weighted by Gasteiger charge is 2.22. The minimum atomic E-state index is -1.07. The Kier molecular flexibility index (Phi) is 8.72. The quantitative estimate of drug-likeness (QED) is 0.362. The first-order valence-electron chi connectivity index (χ1n) is 9.58. The average Bonchev–Trinajstić information content (AvgIpc) is 3.29. The number of aromatic nitrogens is 1. The van der Waals surface area contributed by atoms with Crippen molar-refractivity contribution in [2.24, 2.45) is 0 Å². The molecule has 0 aliphatic carbocycles. The third kappa shape index (κ3) is 6.59. The molecule has 0 fully saturated rings. The van der Waals surface area contributed by atoms with E-state index in [1.165, 1.54) is 23.1 Å². The molecule has 0 aliphatic heterocycles. The van der Waals surface area contributed by atoms with Gasteiger partial charge in [0.1, 0.15) is 6.04 Å². The highest BCUT2D eigenvalue weighted by atomic mass is 32.2. The Bertz CT molecular complexity index is 1080. The summed E-state index contributed by atoms with van der Waals surface area (Å²) in [5.41, 5.74) is 1.75. The second-order valence-electron chi connectivity index (χ2n) is 6.57. The van der Waals surface area contributed by atoms with E-state index in [4.69, 9.17) is 0 Å². The van der Waals surface area contributed by atoms with E-state index < -0.39 is 17.9 Å². The van der Waals surface area contributed by atoms with Crippen LogP contribution in [0.15, 0.2) is 65.0 Å². The zero-order chi connectivity index (χ0) is 22.9. The molecule has 0 radical (unpaired) electrons. The Morgan fingerprint density at radius 3 is 2.59 bits per heavy atom. The molecule has 0 bridgehead atoms. The Morgan fingerprint density at radius 2 is 1.94 bits per heavy atom. The van der Waals surface area contributed by atoms with Crippen LogP contribution in [-0.2, 0) is 4.79 Å². The van der Waals surface area contributed by atoms with Crippen molar-refractivity contribution in [3.05, 3.63) is 65.7 Å². The standard InChI is InChI=1S/C22H21N3O4S3/c1-30-11-9-18(20(27)28)24-19(26)16-8-7-15(13-17(16)14-5-3-2-4-6-14)32-22(29)25-21-23-10-12-31-21/h2-8,10,12-13,18H,9,11H2,1H3,(H,24,26)(H,27,28)(H,23,25,29). The summed E-state index contributed by atoms with van der Waals surface area (Å²) < 4.78 is 0. The largest absolute Gasteiger partial charge is 0.480 e. The van der Waals surface area contributed by atoms with Crippen molar-refractivity contribution in [3.63, 3.8) is 0 Å². The first-order chi connectivity index (χ1) is 15.5. The summed E-state index contributed by atoms with van der Waals surface area (Å²) in [5, 5.41) is 16.8. The predicted molar refractivity (Wildman–Crippen MR) is 131 cm³/mol. The summed E-state index contributed by atoms with van der Waals surface area (Å²) in [5.74, 6) is -0.923. The summed E-state index contributed by atoms with van der Waals surface area (Å²) in [6, 6.07) is 13.4. The molecule has 3 N–H and O–H groups in total. The number of thiazole rings is 1. The van der Waals surface area contributed by atoms with Gasteiger partial charge in [-0.25, -0.2) is 9.78 Å². The lowest BCUT2D eigenvalue weighted by Crippen LogP contribution is -2.41. The summed E-state index contributed by atoms with van der Waals surface area (Å²) in [7, 11) is 0. The molecule has 1 heterocycles. The van der Waals surface area contributed by atoms with Crippen LogP contribution in [0, 0.1) is 0 Å². The molecule has 0 aliphatic rings. The molecule has 2 amide bonds. The number of rotatable bonds is 9. The molecule has 166 valence electrons. The number of hydrogen-bond acceptors (Lipinski definition) is 7. The number of thioether (sulfide) groups is 2. The summed E-state index contributed by atoms with van der Waals surface area (Å²) in [6.07, 6.45) is 3.82. The first kappa shape index (κ1) is 23.8. The molecule has 3 rings (SSSR count). The van der Waals surface area contributed by atoms with Gasteiger partial charge in [-0.05, 0) is 59.5 Å². The van der Waals surface area contributed by atoms with Crippen LogP contribution >= 0.6 is 34.9 Å². The van der Waals surface area contributed by atoms with Gasteiger partial charge >= 0.3 is 5.97 Å². The molecule has 1 atom stereocenters. The Morgan fingerprint density at radius 1 is 1.16 bits per heavy atom. The number of nitrogens with one attached hydrogen (secondary N) is 2. The lowest BCUT2D eigenvalue weighted by Gasteiger charge is -2.16. The molecule has 7 nitrogen and oxygen atoms in total. The van der Waals surface area contributed by atoms with Gasteiger partial charge < -0.3 is 10.4 Å². The summed E-state index contributed by atoms with van der Waals surface area (Å²) in [4.78, 5) is 41.6. The molecular weight excluding hydrogens is 466 g/mol.